The Hall–Kier alpha value is -7.91. The molecule has 0 unspecified atom stereocenters. The predicted molar refractivity (Wildman–Crippen MR) is 320 cm³/mol. The molecule has 2 heterocycles. The van der Waals surface area contributed by atoms with E-state index >= 15 is 0 Å². The molecule has 388 valence electrons. The Morgan fingerprint density at radius 1 is 0.500 bits per heavy atom. The first kappa shape index (κ1) is 52.2. The van der Waals surface area contributed by atoms with Gasteiger partial charge in [-0.2, -0.15) is 0 Å². The molecular weight excluding hydrogens is 1130 g/mol. The SMILES string of the molecule is CC(C)(C)c1cc(-c2ccccc2)c(O)c(-c2nc3c(-c4[c-]c(-c5cc(-c6ccc(C(C)(C)c7ccccc7)cc6)ccn5)cc(-c5ccccc5)c4)cccc3n2-c2ccc(CC3CCCC3)cc2-c2ccccc2)c1.[Pt]. The molecule has 0 atom stereocenters. The van der Waals surface area contributed by atoms with Crippen LogP contribution in [0.15, 0.2) is 225 Å². The largest absolute Gasteiger partial charge is 0.507 e. The summed E-state index contributed by atoms with van der Waals surface area (Å²) in [5, 5.41) is 12.8. The molecule has 0 amide bonds. The van der Waals surface area contributed by atoms with Crippen LogP contribution in [0.1, 0.15) is 82.6 Å². The molecule has 1 N–H and O–H groups in total. The summed E-state index contributed by atoms with van der Waals surface area (Å²) >= 11 is 0. The molecule has 1 aliphatic carbocycles. The third-order valence-corrected chi connectivity index (χ3v) is 16.1. The van der Waals surface area contributed by atoms with Crippen molar-refractivity contribution in [2.75, 3.05) is 0 Å². The summed E-state index contributed by atoms with van der Waals surface area (Å²) in [6.07, 6.45) is 8.15. The van der Waals surface area contributed by atoms with Crippen molar-refractivity contribution >= 4 is 11.0 Å². The number of hydrogen-bond donors (Lipinski definition) is 1. The van der Waals surface area contributed by atoms with Gasteiger partial charge >= 0.3 is 0 Å². The molecule has 9 aromatic carbocycles. The number of aromatic hydroxyl groups is 1. The van der Waals surface area contributed by atoms with E-state index in [1.807, 2.05) is 24.4 Å². The van der Waals surface area contributed by atoms with E-state index in [-0.39, 0.29) is 37.6 Å². The molecule has 5 heteroatoms. The van der Waals surface area contributed by atoms with E-state index in [2.05, 4.69) is 245 Å². The molecule has 0 aliphatic heterocycles. The number of hydrogen-bond acceptors (Lipinski definition) is 3. The van der Waals surface area contributed by atoms with E-state index in [9.17, 15) is 5.11 Å². The third kappa shape index (κ3) is 10.3. The molecular formula is C73H64N3OPt-. The predicted octanol–water partition coefficient (Wildman–Crippen LogP) is 18.9. The number of pyridine rings is 1. The number of rotatable bonds is 12. The van der Waals surface area contributed by atoms with Gasteiger partial charge in [0.05, 0.1) is 22.3 Å². The zero-order chi connectivity index (χ0) is 52.7. The van der Waals surface area contributed by atoms with Gasteiger partial charge in [-0.3, -0.25) is 9.55 Å². The number of para-hydroxylation sites is 1. The molecule has 1 aliphatic rings. The maximum atomic E-state index is 12.8. The van der Waals surface area contributed by atoms with Crippen molar-refractivity contribution in [3.63, 3.8) is 0 Å². The summed E-state index contributed by atoms with van der Waals surface area (Å²) in [5.74, 6) is 1.56. The van der Waals surface area contributed by atoms with Crippen LogP contribution in [-0.2, 0) is 38.3 Å². The number of imidazole rings is 1. The van der Waals surface area contributed by atoms with Gasteiger partial charge in [0.1, 0.15) is 11.6 Å². The number of phenolic OH excluding ortho intramolecular Hbond substituents is 1. The van der Waals surface area contributed by atoms with Crippen molar-refractivity contribution in [1.82, 2.24) is 14.5 Å². The van der Waals surface area contributed by atoms with Crippen LogP contribution in [0.25, 0.3) is 95.0 Å². The van der Waals surface area contributed by atoms with Crippen molar-refractivity contribution in [1.29, 1.82) is 0 Å². The second-order valence-corrected chi connectivity index (χ2v) is 22.6. The molecule has 11 aromatic rings. The van der Waals surface area contributed by atoms with Gasteiger partial charge in [0.15, 0.2) is 0 Å². The Kier molecular flexibility index (Phi) is 14.6. The number of fused-ring (bicyclic) bond motifs is 1. The zero-order valence-electron chi connectivity index (χ0n) is 45.1. The smallest absolute Gasteiger partial charge is 0.148 e. The minimum Gasteiger partial charge on any atom is -0.507 e. The summed E-state index contributed by atoms with van der Waals surface area (Å²) in [6.45, 7) is 11.3. The van der Waals surface area contributed by atoms with Crippen LogP contribution in [0.2, 0.25) is 0 Å². The van der Waals surface area contributed by atoms with E-state index in [1.165, 1.54) is 42.4 Å². The molecule has 0 saturated heterocycles. The van der Waals surface area contributed by atoms with Gasteiger partial charge < -0.3 is 5.11 Å². The zero-order valence-corrected chi connectivity index (χ0v) is 47.4. The van der Waals surface area contributed by atoms with Crippen LogP contribution < -0.4 is 0 Å². The Balaban J connectivity index is 0.00000645. The standard InChI is InChI=1S/C73H64N3O.Pt/c1-72(2,3)61-47-64(54-27-14-8-15-28-54)70(77)65(48-61)71-75-69-62(31-20-32-68(69)76(71)67-38-33-50(41-49-21-18-19-22-49)42-63(67)53-25-12-7-13-26-53)57-43-56(51-23-10-6-11-24-51)44-58(45-57)66-46-55(39-40-74-66)52-34-36-60(37-35-52)73(4,5)59-29-16-9-17-30-59;/h6-17,20,23-40,42-44,46-49,77H,18-19,21-22,41H2,1-5H3;/q-1;. The van der Waals surface area contributed by atoms with Crippen molar-refractivity contribution in [2.45, 2.75) is 77.6 Å². The average molecular weight is 1190 g/mol. The summed E-state index contributed by atoms with van der Waals surface area (Å²) < 4.78 is 2.30. The fraction of sp³-hybridized carbons (Fsp3) is 0.178. The van der Waals surface area contributed by atoms with Crippen LogP contribution >= 0.6 is 0 Å². The minimum atomic E-state index is -0.234. The molecule has 1 fully saturated rings. The summed E-state index contributed by atoms with van der Waals surface area (Å²) in [4.78, 5) is 10.8. The average Bonchev–Trinajstić information content (AvgIpc) is 4.35. The number of benzene rings is 9. The fourth-order valence-corrected chi connectivity index (χ4v) is 11.6. The first-order chi connectivity index (χ1) is 37.5. The van der Waals surface area contributed by atoms with Crippen molar-refractivity contribution in [3.05, 3.63) is 253 Å². The monoisotopic (exact) mass is 1190 g/mol. The van der Waals surface area contributed by atoms with Crippen LogP contribution in [-0.4, -0.2) is 19.6 Å². The Morgan fingerprint density at radius 3 is 1.76 bits per heavy atom. The van der Waals surface area contributed by atoms with Crippen LogP contribution in [0.3, 0.4) is 0 Å². The molecule has 2 aromatic heterocycles. The van der Waals surface area contributed by atoms with Crippen LogP contribution in [0, 0.1) is 12.0 Å². The van der Waals surface area contributed by atoms with Crippen LogP contribution in [0.4, 0.5) is 0 Å². The van der Waals surface area contributed by atoms with Gasteiger partial charge in [0, 0.05) is 49.5 Å². The second kappa shape index (κ2) is 21.8. The number of aromatic nitrogens is 3. The molecule has 0 spiro atoms. The molecule has 0 radical (unpaired) electrons. The minimum absolute atomic E-state index is 0. The third-order valence-electron chi connectivity index (χ3n) is 16.1. The van der Waals surface area contributed by atoms with E-state index in [0.717, 1.165) is 95.6 Å². The maximum absolute atomic E-state index is 12.8. The Labute approximate surface area is 474 Å². The van der Waals surface area contributed by atoms with Crippen molar-refractivity contribution in [3.8, 4) is 89.7 Å². The normalized spacial score (nSPS) is 12.9. The van der Waals surface area contributed by atoms with Crippen molar-refractivity contribution in [2.24, 2.45) is 5.92 Å². The van der Waals surface area contributed by atoms with Gasteiger partial charge in [-0.05, 0) is 104 Å². The molecule has 1 saturated carbocycles. The van der Waals surface area contributed by atoms with E-state index in [4.69, 9.17) is 9.97 Å². The number of nitrogens with zero attached hydrogens (tertiary/aromatic N) is 3. The fourth-order valence-electron chi connectivity index (χ4n) is 11.6. The van der Waals surface area contributed by atoms with E-state index < -0.39 is 0 Å². The molecule has 12 rings (SSSR count). The molecule has 4 nitrogen and oxygen atoms in total. The summed E-state index contributed by atoms with van der Waals surface area (Å²) in [6, 6.07) is 81.7. The number of phenols is 1. The van der Waals surface area contributed by atoms with Crippen LogP contribution in [0.5, 0.6) is 5.75 Å². The second-order valence-electron chi connectivity index (χ2n) is 22.6. The van der Waals surface area contributed by atoms with Gasteiger partial charge in [-0.1, -0.05) is 247 Å². The summed E-state index contributed by atoms with van der Waals surface area (Å²) in [5.41, 5.74) is 19.9. The maximum Gasteiger partial charge on any atom is 0.148 e. The Morgan fingerprint density at radius 2 is 1.09 bits per heavy atom. The Bertz CT molecular complexity index is 3890. The quantitative estimate of drug-likeness (QED) is 0.124. The van der Waals surface area contributed by atoms with Gasteiger partial charge in [0.25, 0.3) is 0 Å². The van der Waals surface area contributed by atoms with Gasteiger partial charge in [0.2, 0.25) is 0 Å². The molecule has 0 bridgehead atoms. The topological polar surface area (TPSA) is 50.9 Å². The molecule has 78 heavy (non-hydrogen) atoms. The van der Waals surface area contributed by atoms with E-state index in [1.54, 1.807) is 0 Å². The van der Waals surface area contributed by atoms with E-state index in [0.29, 0.717) is 17.3 Å². The first-order valence-corrected chi connectivity index (χ1v) is 27.4. The summed E-state index contributed by atoms with van der Waals surface area (Å²) in [7, 11) is 0. The van der Waals surface area contributed by atoms with Crippen molar-refractivity contribution < 1.29 is 26.2 Å². The van der Waals surface area contributed by atoms with Gasteiger partial charge in [-0.15, -0.1) is 23.8 Å². The van der Waals surface area contributed by atoms with Gasteiger partial charge in [-0.25, -0.2) is 4.98 Å². The first-order valence-electron chi connectivity index (χ1n) is 27.4.